The maximum absolute atomic E-state index is 12.4. The first kappa shape index (κ1) is 17.5. The average Bonchev–Trinajstić information content (AvgIpc) is 3.01. The molecule has 4 nitrogen and oxygen atoms in total. The van der Waals surface area contributed by atoms with Crippen molar-refractivity contribution >= 4 is 28.9 Å². The van der Waals surface area contributed by atoms with Gasteiger partial charge in [-0.05, 0) is 80.4 Å². The van der Waals surface area contributed by atoms with Crippen LogP contribution in [0.25, 0.3) is 11.8 Å². The van der Waals surface area contributed by atoms with E-state index in [1.165, 1.54) is 22.9 Å². The summed E-state index contributed by atoms with van der Waals surface area (Å²) < 4.78 is 2.24. The molecule has 130 valence electrons. The number of aryl methyl sites for hydroxylation is 3. The summed E-state index contributed by atoms with van der Waals surface area (Å²) in [5.41, 5.74) is 7.07. The summed E-state index contributed by atoms with van der Waals surface area (Å²) in [6.45, 7) is 8.44. The summed E-state index contributed by atoms with van der Waals surface area (Å²) in [4.78, 5) is 18.9. The van der Waals surface area contributed by atoms with Gasteiger partial charge in [0, 0.05) is 31.2 Å². The Morgan fingerprint density at radius 1 is 1.08 bits per heavy atom. The molecule has 2 aromatic rings. The minimum Gasteiger partial charge on any atom is -0.318 e. The van der Waals surface area contributed by atoms with Crippen molar-refractivity contribution in [3.05, 3.63) is 57.2 Å². The lowest BCUT2D eigenvalue weighted by Crippen LogP contribution is -2.23. The molecule has 0 N–H and O–H groups in total. The predicted molar refractivity (Wildman–Crippen MR) is 106 cm³/mol. The van der Waals surface area contributed by atoms with Crippen LogP contribution in [0, 0.1) is 27.7 Å². The van der Waals surface area contributed by atoms with Crippen molar-refractivity contribution < 1.29 is 4.79 Å². The van der Waals surface area contributed by atoms with Crippen molar-refractivity contribution in [2.45, 2.75) is 27.7 Å². The number of thioether (sulfide) groups is 1. The van der Waals surface area contributed by atoms with E-state index in [9.17, 15) is 4.79 Å². The van der Waals surface area contributed by atoms with E-state index in [4.69, 9.17) is 0 Å². The number of carbonyl (C=O) groups excluding carboxylic acids is 1. The van der Waals surface area contributed by atoms with Gasteiger partial charge < -0.3 is 4.57 Å². The maximum atomic E-state index is 12.4. The highest BCUT2D eigenvalue weighted by Crippen LogP contribution is 2.33. The zero-order chi connectivity index (χ0) is 18.3. The summed E-state index contributed by atoms with van der Waals surface area (Å²) in [5, 5.41) is 0.735. The van der Waals surface area contributed by atoms with Crippen LogP contribution in [-0.2, 0) is 4.79 Å². The normalized spacial score (nSPS) is 18.0. The molecule has 3 rings (SSSR count). The van der Waals surface area contributed by atoms with E-state index < -0.39 is 0 Å². The minimum atomic E-state index is 0.00147. The molecule has 5 heteroatoms. The number of hydrogen-bond acceptors (Lipinski definition) is 3. The van der Waals surface area contributed by atoms with Crippen LogP contribution in [0.2, 0.25) is 0 Å². The second-order valence-electron chi connectivity index (χ2n) is 6.41. The van der Waals surface area contributed by atoms with Gasteiger partial charge >= 0.3 is 0 Å². The van der Waals surface area contributed by atoms with Gasteiger partial charge in [-0.2, -0.15) is 0 Å². The molecule has 0 bridgehead atoms. The quantitative estimate of drug-likeness (QED) is 0.757. The van der Waals surface area contributed by atoms with Crippen molar-refractivity contribution in [1.29, 1.82) is 0 Å². The van der Waals surface area contributed by atoms with Gasteiger partial charge in [-0.25, -0.2) is 0 Å². The fourth-order valence-corrected chi connectivity index (χ4v) is 4.00. The SMILES string of the molecule is CN=C1S/C(=C\c2cc(C)n(-c3ccc(C)c(C)c3)c2C)C(=O)N1C. The molecule has 0 unspecified atom stereocenters. The van der Waals surface area contributed by atoms with Gasteiger partial charge in [-0.15, -0.1) is 0 Å². The lowest BCUT2D eigenvalue weighted by molar-refractivity contribution is -0.121. The Labute approximate surface area is 153 Å². The standard InChI is InChI=1S/C20H23N3OS/c1-12-7-8-17(9-13(12)2)23-14(3)10-16(15(23)4)11-18-19(24)22(6)20(21-5)25-18/h7-11H,1-6H3/b18-11-,21-20?. The molecule has 1 aliphatic heterocycles. The zero-order valence-electron chi connectivity index (χ0n) is 15.5. The van der Waals surface area contributed by atoms with Crippen LogP contribution in [0.4, 0.5) is 0 Å². The molecule has 0 atom stereocenters. The fourth-order valence-electron chi connectivity index (χ4n) is 3.09. The van der Waals surface area contributed by atoms with E-state index in [1.54, 1.807) is 19.0 Å². The Morgan fingerprint density at radius 2 is 1.80 bits per heavy atom. The van der Waals surface area contributed by atoms with E-state index >= 15 is 0 Å². The molecular formula is C20H23N3OS. The number of hydrogen-bond donors (Lipinski definition) is 0. The average molecular weight is 353 g/mol. The third-order valence-corrected chi connectivity index (χ3v) is 5.85. The number of aliphatic imine (C=N–C) groups is 1. The predicted octanol–water partition coefficient (Wildman–Crippen LogP) is 4.24. The Hall–Kier alpha value is -2.27. The van der Waals surface area contributed by atoms with Crippen LogP contribution >= 0.6 is 11.8 Å². The Kier molecular flexibility index (Phi) is 4.60. The number of likely N-dealkylation sites (N-methyl/N-ethyl adjacent to an activating group) is 1. The van der Waals surface area contributed by atoms with Gasteiger partial charge in [0.25, 0.3) is 5.91 Å². The smallest absolute Gasteiger partial charge is 0.266 e. The van der Waals surface area contributed by atoms with Crippen molar-refractivity contribution in [2.24, 2.45) is 4.99 Å². The maximum Gasteiger partial charge on any atom is 0.266 e. The molecule has 2 heterocycles. The largest absolute Gasteiger partial charge is 0.318 e. The van der Waals surface area contributed by atoms with Gasteiger partial charge in [0.2, 0.25) is 0 Å². The molecule has 25 heavy (non-hydrogen) atoms. The topological polar surface area (TPSA) is 37.6 Å². The molecule has 1 amide bonds. The summed E-state index contributed by atoms with van der Waals surface area (Å²) in [6.07, 6.45) is 1.97. The first-order valence-electron chi connectivity index (χ1n) is 8.24. The third kappa shape index (κ3) is 3.04. The van der Waals surface area contributed by atoms with Gasteiger partial charge in [0.15, 0.2) is 5.17 Å². The highest BCUT2D eigenvalue weighted by molar-refractivity contribution is 8.18. The van der Waals surface area contributed by atoms with Gasteiger partial charge in [0.1, 0.15) is 0 Å². The number of benzene rings is 1. The molecule has 1 saturated heterocycles. The second-order valence-corrected chi connectivity index (χ2v) is 7.42. The van der Waals surface area contributed by atoms with Gasteiger partial charge in [-0.1, -0.05) is 6.07 Å². The van der Waals surface area contributed by atoms with Crippen molar-refractivity contribution in [2.75, 3.05) is 14.1 Å². The van der Waals surface area contributed by atoms with Crippen LogP contribution < -0.4 is 0 Å². The number of rotatable bonds is 2. The van der Waals surface area contributed by atoms with Crippen LogP contribution in [0.15, 0.2) is 34.2 Å². The third-order valence-electron chi connectivity index (χ3n) is 4.70. The van der Waals surface area contributed by atoms with Crippen LogP contribution in [0.1, 0.15) is 28.1 Å². The lowest BCUT2D eigenvalue weighted by Gasteiger charge is -2.11. The highest BCUT2D eigenvalue weighted by atomic mass is 32.2. The first-order chi connectivity index (χ1) is 11.8. The molecule has 1 aliphatic rings. The van der Waals surface area contributed by atoms with Gasteiger partial charge in [0.05, 0.1) is 4.91 Å². The Balaban J connectivity index is 2.05. The van der Waals surface area contributed by atoms with E-state index in [-0.39, 0.29) is 5.91 Å². The van der Waals surface area contributed by atoms with E-state index in [1.807, 2.05) is 6.08 Å². The second kappa shape index (κ2) is 6.56. The molecule has 0 radical (unpaired) electrons. The first-order valence-corrected chi connectivity index (χ1v) is 9.06. The Bertz CT molecular complexity index is 921. The number of amidine groups is 1. The molecule has 0 saturated carbocycles. The van der Waals surface area contributed by atoms with Crippen LogP contribution in [-0.4, -0.2) is 34.6 Å². The van der Waals surface area contributed by atoms with Crippen LogP contribution in [0.3, 0.4) is 0 Å². The van der Waals surface area contributed by atoms with E-state index in [0.29, 0.717) is 4.91 Å². The molecule has 0 aliphatic carbocycles. The van der Waals surface area contributed by atoms with Crippen molar-refractivity contribution in [3.63, 3.8) is 0 Å². The number of amides is 1. The van der Waals surface area contributed by atoms with Gasteiger partial charge in [-0.3, -0.25) is 14.7 Å². The summed E-state index contributed by atoms with van der Waals surface area (Å²) in [5.74, 6) is 0.00147. The molecule has 1 fully saturated rings. The van der Waals surface area contributed by atoms with Crippen molar-refractivity contribution in [1.82, 2.24) is 9.47 Å². The minimum absolute atomic E-state index is 0.00147. The van der Waals surface area contributed by atoms with Crippen molar-refractivity contribution in [3.8, 4) is 5.69 Å². The van der Waals surface area contributed by atoms with Crippen LogP contribution in [0.5, 0.6) is 0 Å². The molecule has 0 spiro atoms. The summed E-state index contributed by atoms with van der Waals surface area (Å²) in [7, 11) is 3.47. The molecular weight excluding hydrogens is 330 g/mol. The lowest BCUT2D eigenvalue weighted by atomic mass is 10.1. The highest BCUT2D eigenvalue weighted by Gasteiger charge is 2.30. The molecule has 1 aromatic heterocycles. The Morgan fingerprint density at radius 3 is 2.40 bits per heavy atom. The summed E-state index contributed by atoms with van der Waals surface area (Å²) in [6, 6.07) is 8.63. The van der Waals surface area contributed by atoms with E-state index in [0.717, 1.165) is 27.8 Å². The fraction of sp³-hybridized carbons (Fsp3) is 0.300. The number of carbonyl (C=O) groups is 1. The zero-order valence-corrected chi connectivity index (χ0v) is 16.4. The monoisotopic (exact) mass is 353 g/mol. The summed E-state index contributed by atoms with van der Waals surface area (Å²) >= 11 is 1.42. The number of aromatic nitrogens is 1. The van der Waals surface area contributed by atoms with E-state index in [2.05, 4.69) is 61.5 Å². The molecule has 1 aromatic carbocycles. The number of nitrogens with zero attached hydrogens (tertiary/aromatic N) is 3.